The van der Waals surface area contributed by atoms with Crippen molar-refractivity contribution in [3.8, 4) is 0 Å². The van der Waals surface area contributed by atoms with Gasteiger partial charge in [0, 0.05) is 31.8 Å². The molecule has 1 aromatic carbocycles. The summed E-state index contributed by atoms with van der Waals surface area (Å²) in [7, 11) is 0. The monoisotopic (exact) mass is 320 g/mol. The van der Waals surface area contributed by atoms with Crippen LogP contribution in [0.2, 0.25) is 0 Å². The molecule has 126 valence electrons. The highest BCUT2D eigenvalue weighted by Crippen LogP contribution is 2.23. The predicted octanol–water partition coefficient (Wildman–Crippen LogP) is 2.22. The third-order valence-corrected chi connectivity index (χ3v) is 3.84. The topological polar surface area (TPSA) is 88.8 Å². The number of ether oxygens (including phenoxy) is 1. The Bertz CT molecular complexity index is 551. The molecule has 1 unspecified atom stereocenters. The van der Waals surface area contributed by atoms with Crippen molar-refractivity contribution in [3.63, 3.8) is 0 Å². The quantitative estimate of drug-likeness (QED) is 0.363. The standard InChI is InChI=1S/C16H24N4O3/c1-3-17-15(19-12-16(2)9-4-10-23-16)18-11-13-5-7-14(8-6-13)20(21)22/h5-8H,3-4,9-12H2,1-2H3,(H2,17,18,19). The van der Waals surface area contributed by atoms with Crippen LogP contribution in [-0.4, -0.2) is 36.2 Å². The van der Waals surface area contributed by atoms with Gasteiger partial charge in [0.1, 0.15) is 0 Å². The Kier molecular flexibility index (Phi) is 5.92. The van der Waals surface area contributed by atoms with Crippen molar-refractivity contribution in [2.45, 2.75) is 38.8 Å². The van der Waals surface area contributed by atoms with Crippen LogP contribution in [0.4, 0.5) is 5.69 Å². The number of benzene rings is 1. The average molecular weight is 320 g/mol. The lowest BCUT2D eigenvalue weighted by Crippen LogP contribution is -2.45. The highest BCUT2D eigenvalue weighted by molar-refractivity contribution is 5.79. The maximum atomic E-state index is 10.7. The number of hydrogen-bond acceptors (Lipinski definition) is 4. The molecule has 0 aliphatic carbocycles. The molecule has 1 aromatic rings. The molecular weight excluding hydrogens is 296 g/mol. The number of guanidine groups is 1. The Morgan fingerprint density at radius 1 is 1.39 bits per heavy atom. The van der Waals surface area contributed by atoms with E-state index in [2.05, 4.69) is 22.5 Å². The van der Waals surface area contributed by atoms with Crippen LogP contribution >= 0.6 is 0 Å². The molecule has 0 spiro atoms. The summed E-state index contributed by atoms with van der Waals surface area (Å²) in [6, 6.07) is 6.45. The van der Waals surface area contributed by atoms with Crippen LogP contribution in [0.3, 0.4) is 0 Å². The zero-order valence-electron chi connectivity index (χ0n) is 13.7. The summed E-state index contributed by atoms with van der Waals surface area (Å²) in [6.45, 7) is 6.87. The largest absolute Gasteiger partial charge is 0.373 e. The molecule has 7 nitrogen and oxygen atoms in total. The van der Waals surface area contributed by atoms with Crippen LogP contribution in [0.1, 0.15) is 32.3 Å². The smallest absolute Gasteiger partial charge is 0.269 e. The van der Waals surface area contributed by atoms with E-state index in [0.717, 1.165) is 37.5 Å². The Morgan fingerprint density at radius 3 is 2.70 bits per heavy atom. The van der Waals surface area contributed by atoms with E-state index in [1.807, 2.05) is 6.92 Å². The summed E-state index contributed by atoms with van der Waals surface area (Å²) in [6.07, 6.45) is 2.14. The van der Waals surface area contributed by atoms with E-state index in [1.165, 1.54) is 12.1 Å². The number of hydrogen-bond donors (Lipinski definition) is 2. The van der Waals surface area contributed by atoms with Gasteiger partial charge in [-0.2, -0.15) is 0 Å². The number of rotatable bonds is 6. The molecule has 0 aromatic heterocycles. The van der Waals surface area contributed by atoms with Crippen LogP contribution in [0.5, 0.6) is 0 Å². The summed E-state index contributed by atoms with van der Waals surface area (Å²) in [5.41, 5.74) is 0.883. The van der Waals surface area contributed by atoms with Crippen LogP contribution in [0.25, 0.3) is 0 Å². The fourth-order valence-electron chi connectivity index (χ4n) is 2.48. The molecule has 0 saturated carbocycles. The second-order valence-electron chi connectivity index (χ2n) is 5.87. The Balaban J connectivity index is 1.93. The van der Waals surface area contributed by atoms with E-state index in [1.54, 1.807) is 12.1 Å². The first-order valence-corrected chi connectivity index (χ1v) is 7.92. The fraction of sp³-hybridized carbons (Fsp3) is 0.562. The molecule has 0 bridgehead atoms. The second-order valence-corrected chi connectivity index (χ2v) is 5.87. The SMILES string of the molecule is CCNC(=NCc1ccc([N+](=O)[O-])cc1)NCC1(C)CCCO1. The molecule has 1 fully saturated rings. The third-order valence-electron chi connectivity index (χ3n) is 3.84. The minimum absolute atomic E-state index is 0.0917. The molecule has 1 aliphatic rings. The van der Waals surface area contributed by atoms with Crippen LogP contribution in [0.15, 0.2) is 29.3 Å². The van der Waals surface area contributed by atoms with Crippen LogP contribution in [0, 0.1) is 10.1 Å². The van der Waals surface area contributed by atoms with Crippen molar-refractivity contribution in [2.24, 2.45) is 4.99 Å². The molecule has 0 amide bonds. The number of nitrogens with zero attached hydrogens (tertiary/aromatic N) is 2. The molecule has 1 saturated heterocycles. The number of nitro groups is 1. The van der Waals surface area contributed by atoms with E-state index < -0.39 is 4.92 Å². The van der Waals surface area contributed by atoms with Crippen LogP contribution < -0.4 is 10.6 Å². The van der Waals surface area contributed by atoms with Gasteiger partial charge in [0.15, 0.2) is 5.96 Å². The normalized spacial score (nSPS) is 21.2. The van der Waals surface area contributed by atoms with Gasteiger partial charge >= 0.3 is 0 Å². The molecule has 1 aliphatic heterocycles. The van der Waals surface area contributed by atoms with Gasteiger partial charge in [-0.25, -0.2) is 4.99 Å². The van der Waals surface area contributed by atoms with E-state index in [4.69, 9.17) is 4.74 Å². The first kappa shape index (κ1) is 17.2. The summed E-state index contributed by atoms with van der Waals surface area (Å²) >= 11 is 0. The number of non-ortho nitro benzene ring substituents is 1. The third kappa shape index (κ3) is 5.21. The van der Waals surface area contributed by atoms with Gasteiger partial charge < -0.3 is 15.4 Å². The molecule has 1 heterocycles. The lowest BCUT2D eigenvalue weighted by Gasteiger charge is -2.24. The van der Waals surface area contributed by atoms with Crippen molar-refractivity contribution >= 4 is 11.6 Å². The van der Waals surface area contributed by atoms with Crippen molar-refractivity contribution in [1.82, 2.24) is 10.6 Å². The maximum absolute atomic E-state index is 10.7. The van der Waals surface area contributed by atoms with Gasteiger partial charge in [0.25, 0.3) is 5.69 Å². The number of nitrogens with one attached hydrogen (secondary N) is 2. The Labute approximate surface area is 136 Å². The van der Waals surface area contributed by atoms with Gasteiger partial charge in [-0.05, 0) is 32.3 Å². The first-order chi connectivity index (χ1) is 11.0. The second kappa shape index (κ2) is 7.92. The Hall–Kier alpha value is -2.15. The predicted molar refractivity (Wildman–Crippen MR) is 89.5 cm³/mol. The molecule has 2 rings (SSSR count). The van der Waals surface area contributed by atoms with E-state index in [-0.39, 0.29) is 11.3 Å². The molecular formula is C16H24N4O3. The molecule has 0 radical (unpaired) electrons. The summed E-state index contributed by atoms with van der Waals surface area (Å²) in [5, 5.41) is 17.2. The van der Waals surface area contributed by atoms with Gasteiger partial charge in [-0.15, -0.1) is 0 Å². The van der Waals surface area contributed by atoms with Gasteiger partial charge in [0.05, 0.1) is 17.1 Å². The van der Waals surface area contributed by atoms with Crippen molar-refractivity contribution in [2.75, 3.05) is 19.7 Å². The Morgan fingerprint density at radius 2 is 2.13 bits per heavy atom. The highest BCUT2D eigenvalue weighted by Gasteiger charge is 2.29. The molecule has 23 heavy (non-hydrogen) atoms. The lowest BCUT2D eigenvalue weighted by molar-refractivity contribution is -0.384. The van der Waals surface area contributed by atoms with Crippen molar-refractivity contribution < 1.29 is 9.66 Å². The number of nitro benzene ring substituents is 1. The van der Waals surface area contributed by atoms with Gasteiger partial charge in [0.2, 0.25) is 0 Å². The lowest BCUT2D eigenvalue weighted by atomic mass is 10.0. The highest BCUT2D eigenvalue weighted by atomic mass is 16.6. The summed E-state index contributed by atoms with van der Waals surface area (Å²) in [5.74, 6) is 0.725. The number of aliphatic imine (C=N–C) groups is 1. The van der Waals surface area contributed by atoms with Gasteiger partial charge in [-0.3, -0.25) is 10.1 Å². The van der Waals surface area contributed by atoms with E-state index in [9.17, 15) is 10.1 Å². The summed E-state index contributed by atoms with van der Waals surface area (Å²) < 4.78 is 5.76. The molecule has 1 atom stereocenters. The zero-order chi connectivity index (χ0) is 16.7. The van der Waals surface area contributed by atoms with Crippen molar-refractivity contribution in [3.05, 3.63) is 39.9 Å². The minimum atomic E-state index is -0.402. The average Bonchev–Trinajstić information content (AvgIpc) is 2.97. The fourth-order valence-corrected chi connectivity index (χ4v) is 2.48. The zero-order valence-corrected chi connectivity index (χ0v) is 13.7. The van der Waals surface area contributed by atoms with Gasteiger partial charge in [-0.1, -0.05) is 12.1 Å². The molecule has 7 heteroatoms. The molecule has 2 N–H and O–H groups in total. The minimum Gasteiger partial charge on any atom is -0.373 e. The maximum Gasteiger partial charge on any atom is 0.269 e. The van der Waals surface area contributed by atoms with Crippen molar-refractivity contribution in [1.29, 1.82) is 0 Å². The first-order valence-electron chi connectivity index (χ1n) is 7.92. The summed E-state index contributed by atoms with van der Waals surface area (Å²) in [4.78, 5) is 14.8. The van der Waals surface area contributed by atoms with E-state index in [0.29, 0.717) is 13.1 Å². The van der Waals surface area contributed by atoms with Crippen LogP contribution in [-0.2, 0) is 11.3 Å². The van der Waals surface area contributed by atoms with E-state index >= 15 is 0 Å².